The highest BCUT2D eigenvalue weighted by atomic mass is 35.5. The zero-order chi connectivity index (χ0) is 15.6. The van der Waals surface area contributed by atoms with Crippen molar-refractivity contribution >= 4 is 28.8 Å². The summed E-state index contributed by atoms with van der Waals surface area (Å²) in [6.07, 6.45) is 0. The summed E-state index contributed by atoms with van der Waals surface area (Å²) >= 11 is 11.0. The Balaban J connectivity index is 2.27. The van der Waals surface area contributed by atoms with Gasteiger partial charge in [0.25, 0.3) is 0 Å². The molecule has 0 heterocycles. The Labute approximate surface area is 133 Å². The van der Waals surface area contributed by atoms with E-state index in [2.05, 4.69) is 0 Å². The molecule has 0 aliphatic carbocycles. The molecule has 0 saturated carbocycles. The summed E-state index contributed by atoms with van der Waals surface area (Å²) in [5.41, 5.74) is 8.55. The summed E-state index contributed by atoms with van der Waals surface area (Å²) in [5, 5.41) is 0.352. The largest absolute Gasteiger partial charge is 0.488 e. The molecule has 0 aliphatic rings. The molecule has 0 fully saturated rings. The lowest BCUT2D eigenvalue weighted by atomic mass is 10.1. The molecular formula is C16H15ClFNOS. The third kappa shape index (κ3) is 3.52. The lowest BCUT2D eigenvalue weighted by Gasteiger charge is -2.14. The van der Waals surface area contributed by atoms with Crippen molar-refractivity contribution in [1.29, 1.82) is 0 Å². The van der Waals surface area contributed by atoms with E-state index in [0.29, 0.717) is 21.3 Å². The molecule has 0 atom stereocenters. The van der Waals surface area contributed by atoms with Crippen LogP contribution in [0.3, 0.4) is 0 Å². The van der Waals surface area contributed by atoms with Crippen molar-refractivity contribution in [2.75, 3.05) is 0 Å². The van der Waals surface area contributed by atoms with Crippen LogP contribution in [0.4, 0.5) is 4.39 Å². The van der Waals surface area contributed by atoms with Crippen molar-refractivity contribution < 1.29 is 9.13 Å². The van der Waals surface area contributed by atoms with Crippen molar-refractivity contribution in [3.63, 3.8) is 0 Å². The minimum absolute atomic E-state index is 0.0691. The highest BCUT2D eigenvalue weighted by Gasteiger charge is 2.11. The van der Waals surface area contributed by atoms with E-state index in [4.69, 9.17) is 34.3 Å². The molecule has 0 unspecified atom stereocenters. The average Bonchev–Trinajstić information content (AvgIpc) is 2.40. The SMILES string of the molecule is Cc1cc(C(N)=S)cc(C)c1OCc1c(F)cccc1Cl. The molecule has 0 spiro atoms. The van der Waals surface area contributed by atoms with E-state index in [1.807, 2.05) is 26.0 Å². The maximum atomic E-state index is 13.7. The van der Waals surface area contributed by atoms with Crippen LogP contribution in [0.2, 0.25) is 5.02 Å². The van der Waals surface area contributed by atoms with Gasteiger partial charge in [-0.05, 0) is 49.2 Å². The monoisotopic (exact) mass is 323 g/mol. The van der Waals surface area contributed by atoms with Gasteiger partial charge in [-0.2, -0.15) is 0 Å². The van der Waals surface area contributed by atoms with E-state index in [1.165, 1.54) is 6.07 Å². The summed E-state index contributed by atoms with van der Waals surface area (Å²) in [6.45, 7) is 3.86. The van der Waals surface area contributed by atoms with Gasteiger partial charge in [0.2, 0.25) is 0 Å². The molecule has 0 aliphatic heterocycles. The number of hydrogen-bond donors (Lipinski definition) is 1. The number of rotatable bonds is 4. The fourth-order valence-corrected chi connectivity index (χ4v) is 2.47. The molecule has 2 aromatic rings. The third-order valence-electron chi connectivity index (χ3n) is 3.17. The second-order valence-corrected chi connectivity index (χ2v) is 5.64. The molecule has 5 heteroatoms. The zero-order valence-electron chi connectivity index (χ0n) is 11.7. The fraction of sp³-hybridized carbons (Fsp3) is 0.188. The molecule has 2 nitrogen and oxygen atoms in total. The maximum Gasteiger partial charge on any atom is 0.131 e. The summed E-state index contributed by atoms with van der Waals surface area (Å²) in [4.78, 5) is 0.338. The number of aryl methyl sites for hydroxylation is 2. The molecule has 0 saturated heterocycles. The number of halogens is 2. The minimum atomic E-state index is -0.377. The first kappa shape index (κ1) is 15.7. The standard InChI is InChI=1S/C16H15ClFNOS/c1-9-6-11(16(19)21)7-10(2)15(9)20-8-12-13(17)4-3-5-14(12)18/h3-7H,8H2,1-2H3,(H2,19,21). The number of nitrogens with two attached hydrogens (primary N) is 1. The lowest BCUT2D eigenvalue weighted by Crippen LogP contribution is -2.10. The second kappa shape index (κ2) is 6.41. The predicted octanol–water partition coefficient (Wildman–Crippen LogP) is 4.31. The van der Waals surface area contributed by atoms with Crippen LogP contribution in [0.5, 0.6) is 5.75 Å². The van der Waals surface area contributed by atoms with Crippen LogP contribution >= 0.6 is 23.8 Å². The first-order chi connectivity index (χ1) is 9.90. The number of ether oxygens (including phenoxy) is 1. The second-order valence-electron chi connectivity index (χ2n) is 4.79. The molecule has 0 amide bonds. The minimum Gasteiger partial charge on any atom is -0.488 e. The molecular weight excluding hydrogens is 309 g/mol. The molecule has 110 valence electrons. The van der Waals surface area contributed by atoms with E-state index >= 15 is 0 Å². The Morgan fingerprint density at radius 1 is 1.29 bits per heavy atom. The van der Waals surface area contributed by atoms with E-state index in [1.54, 1.807) is 12.1 Å². The zero-order valence-corrected chi connectivity index (χ0v) is 13.3. The predicted molar refractivity (Wildman–Crippen MR) is 87.5 cm³/mol. The molecule has 0 aromatic heterocycles. The van der Waals surface area contributed by atoms with Crippen molar-refractivity contribution in [3.05, 3.63) is 63.4 Å². The maximum absolute atomic E-state index is 13.7. The van der Waals surface area contributed by atoms with Gasteiger partial charge < -0.3 is 10.5 Å². The number of benzene rings is 2. The molecule has 0 bridgehead atoms. The summed E-state index contributed by atoms with van der Waals surface area (Å²) < 4.78 is 19.5. The van der Waals surface area contributed by atoms with Crippen molar-refractivity contribution in [2.24, 2.45) is 5.73 Å². The molecule has 2 aromatic carbocycles. The number of hydrogen-bond acceptors (Lipinski definition) is 2. The Morgan fingerprint density at radius 3 is 2.43 bits per heavy atom. The van der Waals surface area contributed by atoms with Crippen LogP contribution in [0, 0.1) is 19.7 Å². The first-order valence-corrected chi connectivity index (χ1v) is 7.15. The summed E-state index contributed by atoms with van der Waals surface area (Å²) in [6, 6.07) is 8.27. The van der Waals surface area contributed by atoms with Gasteiger partial charge >= 0.3 is 0 Å². The van der Waals surface area contributed by atoms with Crippen LogP contribution in [0.1, 0.15) is 22.3 Å². The molecule has 2 rings (SSSR count). The van der Waals surface area contributed by atoms with E-state index in [0.717, 1.165) is 16.7 Å². The third-order valence-corrected chi connectivity index (χ3v) is 3.76. The Kier molecular flexibility index (Phi) is 4.80. The Bertz CT molecular complexity index is 659. The quantitative estimate of drug-likeness (QED) is 0.852. The highest BCUT2D eigenvalue weighted by molar-refractivity contribution is 7.80. The molecule has 21 heavy (non-hydrogen) atoms. The van der Waals surface area contributed by atoms with Crippen molar-refractivity contribution in [3.8, 4) is 5.75 Å². The van der Waals surface area contributed by atoms with Gasteiger partial charge in [-0.25, -0.2) is 4.39 Å². The van der Waals surface area contributed by atoms with Crippen molar-refractivity contribution in [2.45, 2.75) is 20.5 Å². The van der Waals surface area contributed by atoms with Crippen LogP contribution < -0.4 is 10.5 Å². The number of thiocarbonyl (C=S) groups is 1. The molecule has 2 N–H and O–H groups in total. The van der Waals surface area contributed by atoms with Gasteiger partial charge in [0.15, 0.2) is 0 Å². The van der Waals surface area contributed by atoms with Gasteiger partial charge in [0.05, 0.1) is 5.02 Å². The summed E-state index contributed by atoms with van der Waals surface area (Å²) in [5.74, 6) is 0.312. The normalized spacial score (nSPS) is 10.5. The van der Waals surface area contributed by atoms with Gasteiger partial charge in [0, 0.05) is 11.1 Å². The van der Waals surface area contributed by atoms with Crippen LogP contribution in [0.15, 0.2) is 30.3 Å². The van der Waals surface area contributed by atoms with Crippen LogP contribution in [0.25, 0.3) is 0 Å². The van der Waals surface area contributed by atoms with E-state index in [9.17, 15) is 4.39 Å². The smallest absolute Gasteiger partial charge is 0.131 e. The van der Waals surface area contributed by atoms with Gasteiger partial charge in [0.1, 0.15) is 23.2 Å². The fourth-order valence-electron chi connectivity index (χ4n) is 2.13. The van der Waals surface area contributed by atoms with E-state index < -0.39 is 0 Å². The highest BCUT2D eigenvalue weighted by Crippen LogP contribution is 2.27. The topological polar surface area (TPSA) is 35.2 Å². The van der Waals surface area contributed by atoms with E-state index in [-0.39, 0.29) is 12.4 Å². The van der Waals surface area contributed by atoms with Crippen LogP contribution in [-0.4, -0.2) is 4.99 Å². The average molecular weight is 324 g/mol. The Hall–Kier alpha value is -1.65. The van der Waals surface area contributed by atoms with Gasteiger partial charge in [-0.3, -0.25) is 0 Å². The van der Waals surface area contributed by atoms with Crippen molar-refractivity contribution in [1.82, 2.24) is 0 Å². The van der Waals surface area contributed by atoms with Crippen LogP contribution in [-0.2, 0) is 6.61 Å². The molecule has 0 radical (unpaired) electrons. The Morgan fingerprint density at radius 2 is 1.90 bits per heavy atom. The summed E-state index contributed by atoms with van der Waals surface area (Å²) in [7, 11) is 0. The van der Waals surface area contributed by atoms with Gasteiger partial charge in [-0.1, -0.05) is 29.9 Å². The van der Waals surface area contributed by atoms with Gasteiger partial charge in [-0.15, -0.1) is 0 Å². The first-order valence-electron chi connectivity index (χ1n) is 6.37. The lowest BCUT2D eigenvalue weighted by molar-refractivity contribution is 0.296.